The SMILES string of the molecule is CN(CC(=O)N1CCCC1)Cc1sccc1Br. The summed E-state index contributed by atoms with van der Waals surface area (Å²) in [5.74, 6) is 0.262. The largest absolute Gasteiger partial charge is 0.342 e. The first kappa shape index (κ1) is 13.1. The van der Waals surface area contributed by atoms with Gasteiger partial charge in [-0.3, -0.25) is 9.69 Å². The predicted octanol–water partition coefficient (Wildman–Crippen LogP) is 2.56. The predicted molar refractivity (Wildman–Crippen MR) is 74.2 cm³/mol. The molecule has 0 radical (unpaired) electrons. The Hall–Kier alpha value is -0.390. The van der Waals surface area contributed by atoms with Crippen LogP contribution in [0.25, 0.3) is 0 Å². The Morgan fingerprint density at radius 2 is 2.24 bits per heavy atom. The number of carbonyl (C=O) groups excluding carboxylic acids is 1. The van der Waals surface area contributed by atoms with Crippen LogP contribution >= 0.6 is 27.3 Å². The van der Waals surface area contributed by atoms with Crippen molar-refractivity contribution in [3.8, 4) is 0 Å². The van der Waals surface area contributed by atoms with Crippen molar-refractivity contribution >= 4 is 33.2 Å². The Morgan fingerprint density at radius 3 is 2.82 bits per heavy atom. The molecule has 17 heavy (non-hydrogen) atoms. The van der Waals surface area contributed by atoms with E-state index in [-0.39, 0.29) is 5.91 Å². The molecular formula is C12H17BrN2OS. The Bertz CT molecular complexity index is 388. The first-order valence-corrected chi connectivity index (χ1v) is 7.52. The molecule has 0 unspecified atom stereocenters. The minimum absolute atomic E-state index is 0.262. The number of hydrogen-bond acceptors (Lipinski definition) is 3. The molecule has 94 valence electrons. The lowest BCUT2D eigenvalue weighted by atomic mass is 10.4. The van der Waals surface area contributed by atoms with Crippen LogP contribution in [0.15, 0.2) is 15.9 Å². The minimum atomic E-state index is 0.262. The number of carbonyl (C=O) groups is 1. The fraction of sp³-hybridized carbons (Fsp3) is 0.583. The molecule has 0 aliphatic carbocycles. The number of likely N-dealkylation sites (tertiary alicyclic amines) is 1. The standard InChI is InChI=1S/C12H17BrN2OS/c1-14(8-11-10(13)4-7-17-11)9-12(16)15-5-2-3-6-15/h4,7H,2-3,5-6,8-9H2,1H3. The first-order valence-electron chi connectivity index (χ1n) is 5.85. The summed E-state index contributed by atoms with van der Waals surface area (Å²) < 4.78 is 1.14. The Kier molecular flexibility index (Phi) is 4.59. The molecule has 2 rings (SSSR count). The van der Waals surface area contributed by atoms with Crippen LogP contribution in [-0.4, -0.2) is 42.4 Å². The molecule has 0 N–H and O–H groups in total. The number of halogens is 1. The molecule has 0 saturated carbocycles. The van der Waals surface area contributed by atoms with Crippen molar-refractivity contribution in [3.05, 3.63) is 20.8 Å². The second-order valence-corrected chi connectivity index (χ2v) is 6.31. The zero-order valence-corrected chi connectivity index (χ0v) is 12.4. The molecule has 2 heterocycles. The Labute approximate surface area is 115 Å². The summed E-state index contributed by atoms with van der Waals surface area (Å²) in [6.45, 7) is 3.23. The fourth-order valence-electron chi connectivity index (χ4n) is 2.04. The van der Waals surface area contributed by atoms with Crippen molar-refractivity contribution in [2.24, 2.45) is 0 Å². The zero-order valence-electron chi connectivity index (χ0n) is 9.99. The summed E-state index contributed by atoms with van der Waals surface area (Å²) >= 11 is 5.24. The minimum Gasteiger partial charge on any atom is -0.342 e. The summed E-state index contributed by atoms with van der Waals surface area (Å²) in [6.07, 6.45) is 2.32. The molecule has 1 aromatic heterocycles. The van der Waals surface area contributed by atoms with Crippen molar-refractivity contribution in [3.63, 3.8) is 0 Å². The van der Waals surface area contributed by atoms with Gasteiger partial charge in [0.05, 0.1) is 6.54 Å². The number of rotatable bonds is 4. The highest BCUT2D eigenvalue weighted by Crippen LogP contribution is 2.23. The monoisotopic (exact) mass is 316 g/mol. The van der Waals surface area contributed by atoms with Crippen molar-refractivity contribution in [2.45, 2.75) is 19.4 Å². The van der Waals surface area contributed by atoms with Gasteiger partial charge in [-0.25, -0.2) is 0 Å². The normalized spacial score (nSPS) is 15.8. The van der Waals surface area contributed by atoms with E-state index >= 15 is 0 Å². The molecule has 0 aromatic carbocycles. The van der Waals surface area contributed by atoms with Gasteiger partial charge in [0.1, 0.15) is 0 Å². The van der Waals surface area contributed by atoms with E-state index in [1.165, 1.54) is 4.88 Å². The smallest absolute Gasteiger partial charge is 0.236 e. The van der Waals surface area contributed by atoms with Crippen molar-refractivity contribution in [2.75, 3.05) is 26.7 Å². The maximum atomic E-state index is 11.9. The molecule has 5 heteroatoms. The molecule has 1 aliphatic heterocycles. The van der Waals surface area contributed by atoms with E-state index in [1.807, 2.05) is 11.9 Å². The van der Waals surface area contributed by atoms with Crippen LogP contribution in [0.2, 0.25) is 0 Å². The number of amides is 1. The summed E-state index contributed by atoms with van der Waals surface area (Å²) in [4.78, 5) is 17.3. The molecule has 0 bridgehead atoms. The third-order valence-electron chi connectivity index (χ3n) is 2.97. The van der Waals surface area contributed by atoms with Crippen LogP contribution in [0, 0.1) is 0 Å². The van der Waals surface area contributed by atoms with E-state index < -0.39 is 0 Å². The van der Waals surface area contributed by atoms with Crippen molar-refractivity contribution < 1.29 is 4.79 Å². The van der Waals surface area contributed by atoms with Gasteiger partial charge in [-0.2, -0.15) is 0 Å². The lowest BCUT2D eigenvalue weighted by molar-refractivity contribution is -0.131. The number of thiophene rings is 1. The van der Waals surface area contributed by atoms with Crippen molar-refractivity contribution in [1.82, 2.24) is 9.80 Å². The summed E-state index contributed by atoms with van der Waals surface area (Å²) in [5, 5.41) is 2.07. The van der Waals surface area contributed by atoms with Crippen LogP contribution in [-0.2, 0) is 11.3 Å². The third kappa shape index (κ3) is 3.53. The number of hydrogen-bond donors (Lipinski definition) is 0. The highest BCUT2D eigenvalue weighted by Gasteiger charge is 2.19. The van der Waals surface area contributed by atoms with Gasteiger partial charge in [-0.05, 0) is 47.3 Å². The van der Waals surface area contributed by atoms with Crippen LogP contribution in [0.3, 0.4) is 0 Å². The van der Waals surface area contributed by atoms with E-state index in [9.17, 15) is 4.79 Å². The molecule has 0 atom stereocenters. The lowest BCUT2D eigenvalue weighted by Gasteiger charge is -2.20. The molecule has 1 saturated heterocycles. The van der Waals surface area contributed by atoms with E-state index in [1.54, 1.807) is 11.3 Å². The molecular weight excluding hydrogens is 300 g/mol. The zero-order chi connectivity index (χ0) is 12.3. The van der Waals surface area contributed by atoms with Crippen LogP contribution in [0.4, 0.5) is 0 Å². The molecule has 1 fully saturated rings. The maximum absolute atomic E-state index is 11.9. The van der Waals surface area contributed by atoms with Gasteiger partial charge >= 0.3 is 0 Å². The first-order chi connectivity index (χ1) is 8.16. The Morgan fingerprint density at radius 1 is 1.53 bits per heavy atom. The van der Waals surface area contributed by atoms with Crippen LogP contribution in [0.1, 0.15) is 17.7 Å². The van der Waals surface area contributed by atoms with Crippen LogP contribution < -0.4 is 0 Å². The van der Waals surface area contributed by atoms with Gasteiger partial charge < -0.3 is 4.90 Å². The highest BCUT2D eigenvalue weighted by atomic mass is 79.9. The fourth-order valence-corrected chi connectivity index (χ4v) is 3.59. The summed E-state index contributed by atoms with van der Waals surface area (Å²) in [7, 11) is 2.00. The number of likely N-dealkylation sites (N-methyl/N-ethyl adjacent to an activating group) is 1. The quantitative estimate of drug-likeness (QED) is 0.852. The summed E-state index contributed by atoms with van der Waals surface area (Å²) in [5.41, 5.74) is 0. The van der Waals surface area contributed by atoms with Gasteiger partial charge in [-0.15, -0.1) is 11.3 Å². The molecule has 3 nitrogen and oxygen atoms in total. The lowest BCUT2D eigenvalue weighted by Crippen LogP contribution is -2.36. The van der Waals surface area contributed by atoms with Gasteiger partial charge in [0.2, 0.25) is 5.91 Å². The van der Waals surface area contributed by atoms with E-state index in [0.717, 1.165) is 36.9 Å². The van der Waals surface area contributed by atoms with E-state index in [2.05, 4.69) is 32.3 Å². The topological polar surface area (TPSA) is 23.6 Å². The molecule has 0 spiro atoms. The molecule has 1 aromatic rings. The average Bonchev–Trinajstić information content (AvgIpc) is 2.90. The highest BCUT2D eigenvalue weighted by molar-refractivity contribution is 9.10. The van der Waals surface area contributed by atoms with Crippen LogP contribution in [0.5, 0.6) is 0 Å². The Balaban J connectivity index is 1.82. The summed E-state index contributed by atoms with van der Waals surface area (Å²) in [6, 6.07) is 2.05. The van der Waals surface area contributed by atoms with Gasteiger partial charge in [-0.1, -0.05) is 0 Å². The van der Waals surface area contributed by atoms with E-state index in [0.29, 0.717) is 6.54 Å². The van der Waals surface area contributed by atoms with Crippen molar-refractivity contribution in [1.29, 1.82) is 0 Å². The van der Waals surface area contributed by atoms with Gasteiger partial charge in [0.25, 0.3) is 0 Å². The average molecular weight is 317 g/mol. The second kappa shape index (κ2) is 5.98. The molecule has 1 aliphatic rings. The third-order valence-corrected chi connectivity index (χ3v) is 4.88. The second-order valence-electron chi connectivity index (χ2n) is 4.45. The van der Waals surface area contributed by atoms with E-state index in [4.69, 9.17) is 0 Å². The van der Waals surface area contributed by atoms with Gasteiger partial charge in [0.15, 0.2) is 0 Å². The molecule has 1 amide bonds. The maximum Gasteiger partial charge on any atom is 0.236 e. The van der Waals surface area contributed by atoms with Gasteiger partial charge in [0, 0.05) is 29.0 Å². The number of nitrogens with zero attached hydrogens (tertiary/aromatic N) is 2.